The fourth-order valence-electron chi connectivity index (χ4n) is 1.85. The van der Waals surface area contributed by atoms with E-state index in [-0.39, 0.29) is 11.6 Å². The Kier molecular flexibility index (Phi) is 3.47. The number of nitrogens with zero attached hydrogens (tertiary/aromatic N) is 2. The smallest absolute Gasteiger partial charge is 0.489 e. The molecule has 2 heterocycles. The lowest BCUT2D eigenvalue weighted by Gasteiger charge is -2.32. The number of ether oxygens (including phenoxy) is 1. The van der Waals surface area contributed by atoms with Crippen LogP contribution in [0.5, 0.6) is 5.75 Å². The molecule has 1 fully saturated rings. The topological polar surface area (TPSA) is 83.7 Å². The first-order valence-corrected chi connectivity index (χ1v) is 6.22. The number of nitro groups is 1. The second-order valence-electron chi connectivity index (χ2n) is 5.64. The molecule has 1 aromatic rings. The summed E-state index contributed by atoms with van der Waals surface area (Å²) in [4.78, 5) is 14.0. The Morgan fingerprint density at radius 2 is 1.85 bits per heavy atom. The van der Waals surface area contributed by atoms with Crippen LogP contribution < -0.4 is 10.2 Å². The lowest BCUT2D eigenvalue weighted by atomic mass is 9.80. The van der Waals surface area contributed by atoms with Crippen LogP contribution >= 0.6 is 0 Å². The molecule has 0 atom stereocenters. The summed E-state index contributed by atoms with van der Waals surface area (Å²) in [6, 6.07) is 1.52. The average Bonchev–Trinajstić information content (AvgIpc) is 2.57. The minimum absolute atomic E-state index is 0.0854. The summed E-state index contributed by atoms with van der Waals surface area (Å²) in [5.74, 6) is -0.241. The van der Waals surface area contributed by atoms with Gasteiger partial charge in [0, 0.05) is 5.46 Å². The van der Waals surface area contributed by atoms with Gasteiger partial charge in [-0.05, 0) is 43.7 Å². The molecular formula is C12H17BN2O5. The third-order valence-corrected chi connectivity index (χ3v) is 3.77. The van der Waals surface area contributed by atoms with Crippen LogP contribution in [0.15, 0.2) is 12.3 Å². The highest BCUT2D eigenvalue weighted by molar-refractivity contribution is 6.62. The van der Waals surface area contributed by atoms with Crippen LogP contribution in [-0.4, -0.2) is 35.3 Å². The number of pyridine rings is 1. The molecule has 8 heteroatoms. The van der Waals surface area contributed by atoms with Crippen molar-refractivity contribution in [2.45, 2.75) is 38.9 Å². The lowest BCUT2D eigenvalue weighted by molar-refractivity contribution is -0.390. The summed E-state index contributed by atoms with van der Waals surface area (Å²) in [5, 5.41) is 10.8. The summed E-state index contributed by atoms with van der Waals surface area (Å²) < 4.78 is 16.7. The molecule has 1 saturated heterocycles. The zero-order valence-electron chi connectivity index (χ0n) is 12.2. The molecule has 0 spiro atoms. The van der Waals surface area contributed by atoms with Crippen LogP contribution in [0.25, 0.3) is 0 Å². The van der Waals surface area contributed by atoms with Gasteiger partial charge in [-0.15, -0.1) is 0 Å². The number of methoxy groups -OCH3 is 1. The van der Waals surface area contributed by atoms with Gasteiger partial charge in [0.1, 0.15) is 6.20 Å². The highest BCUT2D eigenvalue weighted by atomic mass is 16.7. The van der Waals surface area contributed by atoms with Crippen molar-refractivity contribution in [1.82, 2.24) is 4.98 Å². The van der Waals surface area contributed by atoms with Crippen molar-refractivity contribution in [1.29, 1.82) is 0 Å². The Balaban J connectivity index is 2.34. The maximum Gasteiger partial charge on any atom is 0.498 e. The molecule has 20 heavy (non-hydrogen) atoms. The van der Waals surface area contributed by atoms with Gasteiger partial charge in [-0.3, -0.25) is 0 Å². The molecule has 0 radical (unpaired) electrons. The maximum absolute atomic E-state index is 10.8. The minimum Gasteiger partial charge on any atom is -0.489 e. The van der Waals surface area contributed by atoms with Crippen molar-refractivity contribution >= 4 is 18.4 Å². The highest BCUT2D eigenvalue weighted by Gasteiger charge is 2.52. The average molecular weight is 280 g/mol. The van der Waals surface area contributed by atoms with E-state index in [4.69, 9.17) is 14.0 Å². The van der Waals surface area contributed by atoms with Crippen LogP contribution in [0.1, 0.15) is 27.7 Å². The van der Waals surface area contributed by atoms with Crippen LogP contribution in [0.4, 0.5) is 5.82 Å². The van der Waals surface area contributed by atoms with Crippen molar-refractivity contribution < 1.29 is 19.0 Å². The largest absolute Gasteiger partial charge is 0.498 e. The van der Waals surface area contributed by atoms with Gasteiger partial charge in [-0.2, -0.15) is 0 Å². The molecular weight excluding hydrogens is 263 g/mol. The fraction of sp³-hybridized carbons (Fsp3) is 0.583. The van der Waals surface area contributed by atoms with E-state index in [9.17, 15) is 10.1 Å². The van der Waals surface area contributed by atoms with Crippen LogP contribution in [-0.2, 0) is 9.31 Å². The minimum atomic E-state index is -0.623. The molecule has 0 bridgehead atoms. The van der Waals surface area contributed by atoms with Crippen molar-refractivity contribution in [2.24, 2.45) is 0 Å². The van der Waals surface area contributed by atoms with Gasteiger partial charge in [-0.25, -0.2) is 0 Å². The second-order valence-corrected chi connectivity index (χ2v) is 5.64. The Bertz CT molecular complexity index is 531. The molecule has 1 aliphatic heterocycles. The SMILES string of the molecule is COc1cc(B2OC(C)(C)C(C)(C)O2)cnc1[N+](=O)[O-]. The number of hydrogen-bond acceptors (Lipinski definition) is 6. The molecule has 0 unspecified atom stereocenters. The molecule has 108 valence electrons. The molecule has 7 nitrogen and oxygen atoms in total. The summed E-state index contributed by atoms with van der Waals surface area (Å²) >= 11 is 0. The first-order chi connectivity index (χ1) is 9.18. The monoisotopic (exact) mass is 280 g/mol. The zero-order valence-corrected chi connectivity index (χ0v) is 12.2. The third kappa shape index (κ3) is 2.36. The van der Waals surface area contributed by atoms with Gasteiger partial charge in [0.15, 0.2) is 0 Å². The van der Waals surface area contributed by atoms with Crippen molar-refractivity contribution in [3.8, 4) is 5.75 Å². The van der Waals surface area contributed by atoms with Gasteiger partial charge < -0.3 is 24.2 Å². The Labute approximate surface area is 117 Å². The van der Waals surface area contributed by atoms with E-state index in [1.807, 2.05) is 27.7 Å². The van der Waals surface area contributed by atoms with Crippen LogP contribution in [0.2, 0.25) is 0 Å². The van der Waals surface area contributed by atoms with E-state index >= 15 is 0 Å². The van der Waals surface area contributed by atoms with Gasteiger partial charge in [0.25, 0.3) is 0 Å². The number of hydrogen-bond donors (Lipinski definition) is 0. The lowest BCUT2D eigenvalue weighted by Crippen LogP contribution is -2.41. The number of aromatic nitrogens is 1. The van der Waals surface area contributed by atoms with E-state index < -0.39 is 23.2 Å². The Morgan fingerprint density at radius 3 is 2.30 bits per heavy atom. The second kappa shape index (κ2) is 4.71. The molecule has 2 rings (SSSR count). The first-order valence-electron chi connectivity index (χ1n) is 6.22. The zero-order chi connectivity index (χ0) is 15.1. The van der Waals surface area contributed by atoms with E-state index in [0.717, 1.165) is 0 Å². The predicted molar refractivity (Wildman–Crippen MR) is 73.2 cm³/mol. The van der Waals surface area contributed by atoms with E-state index in [1.165, 1.54) is 19.4 Å². The van der Waals surface area contributed by atoms with Crippen molar-refractivity contribution in [2.75, 3.05) is 7.11 Å². The van der Waals surface area contributed by atoms with E-state index in [1.54, 1.807) is 0 Å². The van der Waals surface area contributed by atoms with Crippen LogP contribution in [0, 0.1) is 10.1 Å². The fourth-order valence-corrected chi connectivity index (χ4v) is 1.85. The van der Waals surface area contributed by atoms with Crippen LogP contribution in [0.3, 0.4) is 0 Å². The van der Waals surface area contributed by atoms with Gasteiger partial charge in [0.05, 0.1) is 18.3 Å². The molecule has 0 saturated carbocycles. The molecule has 0 N–H and O–H groups in total. The quantitative estimate of drug-likeness (QED) is 0.471. The van der Waals surface area contributed by atoms with E-state index in [0.29, 0.717) is 5.46 Å². The number of rotatable bonds is 3. The molecule has 1 aromatic heterocycles. The Hall–Kier alpha value is -1.67. The predicted octanol–water partition coefficient (Wildman–Crippen LogP) is 1.30. The standard InChI is InChI=1S/C12H17BN2O5/c1-11(2)12(3,4)20-13(19-11)8-6-9(18-5)10(14-7-8)15(16)17/h6-7H,1-5H3. The van der Waals surface area contributed by atoms with Gasteiger partial charge in [-0.1, -0.05) is 0 Å². The third-order valence-electron chi connectivity index (χ3n) is 3.77. The van der Waals surface area contributed by atoms with Gasteiger partial charge in [0.2, 0.25) is 5.75 Å². The maximum atomic E-state index is 10.8. The van der Waals surface area contributed by atoms with E-state index in [2.05, 4.69) is 4.98 Å². The summed E-state index contributed by atoms with van der Waals surface area (Å²) in [7, 11) is 0.736. The van der Waals surface area contributed by atoms with Crippen molar-refractivity contribution in [3.05, 3.63) is 22.4 Å². The first kappa shape index (κ1) is 14.7. The highest BCUT2D eigenvalue weighted by Crippen LogP contribution is 2.36. The molecule has 1 aliphatic rings. The normalized spacial score (nSPS) is 19.9. The molecule has 0 amide bonds. The van der Waals surface area contributed by atoms with Crippen molar-refractivity contribution in [3.63, 3.8) is 0 Å². The summed E-state index contributed by atoms with van der Waals surface area (Å²) in [5.41, 5.74) is -0.370. The summed E-state index contributed by atoms with van der Waals surface area (Å²) in [6.45, 7) is 7.73. The summed E-state index contributed by atoms with van der Waals surface area (Å²) in [6.07, 6.45) is 1.38. The molecule has 0 aromatic carbocycles. The Morgan fingerprint density at radius 1 is 1.30 bits per heavy atom. The molecule has 0 aliphatic carbocycles. The van der Waals surface area contributed by atoms with Gasteiger partial charge >= 0.3 is 12.9 Å².